The zero-order chi connectivity index (χ0) is 11.9. The summed E-state index contributed by atoms with van der Waals surface area (Å²) in [6.07, 6.45) is 9.69. The van der Waals surface area contributed by atoms with E-state index >= 15 is 0 Å². The Labute approximate surface area is 105 Å². The fourth-order valence-corrected chi connectivity index (χ4v) is 2.38. The quantitative estimate of drug-likeness (QED) is 0.744. The predicted molar refractivity (Wildman–Crippen MR) is 72.0 cm³/mol. The summed E-state index contributed by atoms with van der Waals surface area (Å²) in [7, 11) is 0. The smallest absolute Gasteiger partial charge is 0.0403 e. The molecule has 94 valence electrons. The van der Waals surface area contributed by atoms with Gasteiger partial charge >= 0.3 is 0 Å². The van der Waals surface area contributed by atoms with Gasteiger partial charge in [0.1, 0.15) is 0 Å². The monoisotopic (exact) mass is 232 g/mol. The summed E-state index contributed by atoms with van der Waals surface area (Å²) < 4.78 is 0. The highest BCUT2D eigenvalue weighted by Crippen LogP contribution is 2.34. The fourth-order valence-electron chi connectivity index (χ4n) is 2.38. The van der Waals surface area contributed by atoms with Crippen molar-refractivity contribution in [3.8, 4) is 0 Å². The third-order valence-corrected chi connectivity index (χ3v) is 3.52. The lowest BCUT2D eigenvalue weighted by Gasteiger charge is -2.17. The van der Waals surface area contributed by atoms with Gasteiger partial charge < -0.3 is 5.32 Å². The van der Waals surface area contributed by atoms with Gasteiger partial charge in [0.05, 0.1) is 0 Å². The van der Waals surface area contributed by atoms with E-state index in [1.54, 1.807) is 0 Å². The Balaban J connectivity index is 1.68. The lowest BCUT2D eigenvalue weighted by atomic mass is 10.0. The number of hydrogen-bond acceptors (Lipinski definition) is 2. The van der Waals surface area contributed by atoms with Gasteiger partial charge in [0.15, 0.2) is 0 Å². The Morgan fingerprint density at radius 3 is 2.94 bits per heavy atom. The minimum Gasteiger partial charge on any atom is -0.314 e. The summed E-state index contributed by atoms with van der Waals surface area (Å²) >= 11 is 0. The maximum Gasteiger partial charge on any atom is 0.0403 e. The van der Waals surface area contributed by atoms with E-state index < -0.39 is 0 Å². The molecule has 1 saturated carbocycles. The molecule has 1 aliphatic rings. The molecule has 2 rings (SSSR count). The highest BCUT2D eigenvalue weighted by molar-refractivity contribution is 5.03. The van der Waals surface area contributed by atoms with Gasteiger partial charge in [0.2, 0.25) is 0 Å². The van der Waals surface area contributed by atoms with E-state index in [4.69, 9.17) is 0 Å². The molecule has 0 amide bonds. The molecule has 1 aromatic rings. The molecule has 1 aliphatic carbocycles. The molecule has 0 radical (unpaired) electrons. The molecular weight excluding hydrogens is 208 g/mol. The van der Waals surface area contributed by atoms with Gasteiger partial charge in [-0.05, 0) is 63.1 Å². The normalized spacial score (nSPS) is 17.0. The predicted octanol–water partition coefficient (Wildman–Crippen LogP) is 3.18. The first kappa shape index (κ1) is 12.6. The zero-order valence-corrected chi connectivity index (χ0v) is 10.9. The Kier molecular flexibility index (Phi) is 4.99. The van der Waals surface area contributed by atoms with Crippen LogP contribution in [0.1, 0.15) is 44.7 Å². The Bertz CT molecular complexity index is 306. The van der Waals surface area contributed by atoms with Crippen LogP contribution >= 0.6 is 0 Å². The highest BCUT2D eigenvalue weighted by Gasteiger charge is 2.29. The van der Waals surface area contributed by atoms with Crippen molar-refractivity contribution in [1.29, 1.82) is 0 Å². The second-order valence-corrected chi connectivity index (χ2v) is 5.11. The molecule has 2 heteroatoms. The number of nitrogens with zero attached hydrogens (tertiary/aromatic N) is 1. The van der Waals surface area contributed by atoms with Crippen molar-refractivity contribution in [2.75, 3.05) is 6.54 Å². The molecule has 2 nitrogen and oxygen atoms in total. The first-order valence-corrected chi connectivity index (χ1v) is 7.03. The van der Waals surface area contributed by atoms with Crippen molar-refractivity contribution in [3.63, 3.8) is 0 Å². The van der Waals surface area contributed by atoms with Crippen molar-refractivity contribution >= 4 is 0 Å². The van der Waals surface area contributed by atoms with E-state index in [-0.39, 0.29) is 0 Å². The van der Waals surface area contributed by atoms with Crippen LogP contribution in [0.5, 0.6) is 0 Å². The third kappa shape index (κ3) is 4.47. The molecule has 1 N–H and O–H groups in total. The number of hydrogen-bond donors (Lipinski definition) is 1. The van der Waals surface area contributed by atoms with Crippen LogP contribution in [0.15, 0.2) is 24.4 Å². The molecule has 0 bridgehead atoms. The lowest BCUT2D eigenvalue weighted by Crippen LogP contribution is -2.31. The average Bonchev–Trinajstić information content (AvgIpc) is 3.19. The second-order valence-electron chi connectivity index (χ2n) is 5.11. The standard InChI is InChI=1S/C15H24N2/c1-2-11-17-15(13-9-10-13)8-5-7-14-6-3-4-12-16-14/h3-4,6,12-13,15,17H,2,5,7-11H2,1H3. The largest absolute Gasteiger partial charge is 0.314 e. The van der Waals surface area contributed by atoms with Crippen molar-refractivity contribution < 1.29 is 0 Å². The van der Waals surface area contributed by atoms with Gasteiger partial charge in [-0.2, -0.15) is 0 Å². The summed E-state index contributed by atoms with van der Waals surface area (Å²) in [5, 5.41) is 3.70. The Morgan fingerprint density at radius 1 is 1.41 bits per heavy atom. The third-order valence-electron chi connectivity index (χ3n) is 3.52. The summed E-state index contributed by atoms with van der Waals surface area (Å²) in [4.78, 5) is 4.38. The minimum atomic E-state index is 0.763. The molecule has 17 heavy (non-hydrogen) atoms. The maximum absolute atomic E-state index is 4.38. The summed E-state index contributed by atoms with van der Waals surface area (Å²) in [5.41, 5.74) is 1.23. The van der Waals surface area contributed by atoms with Crippen molar-refractivity contribution in [1.82, 2.24) is 10.3 Å². The second kappa shape index (κ2) is 6.75. The molecule has 1 aromatic heterocycles. The van der Waals surface area contributed by atoms with Gasteiger partial charge in [0, 0.05) is 17.9 Å². The first-order valence-electron chi connectivity index (χ1n) is 7.03. The number of pyridine rings is 1. The van der Waals surface area contributed by atoms with Crippen LogP contribution in [0.2, 0.25) is 0 Å². The van der Waals surface area contributed by atoms with Crippen LogP contribution in [0.4, 0.5) is 0 Å². The zero-order valence-electron chi connectivity index (χ0n) is 10.9. The number of aromatic nitrogens is 1. The number of nitrogens with one attached hydrogen (secondary N) is 1. The van der Waals surface area contributed by atoms with Crippen LogP contribution in [0.25, 0.3) is 0 Å². The van der Waals surface area contributed by atoms with E-state index in [9.17, 15) is 0 Å². The summed E-state index contributed by atoms with van der Waals surface area (Å²) in [5.74, 6) is 0.963. The Hall–Kier alpha value is -0.890. The van der Waals surface area contributed by atoms with Crippen LogP contribution < -0.4 is 5.32 Å². The average molecular weight is 232 g/mol. The topological polar surface area (TPSA) is 24.9 Å². The van der Waals surface area contributed by atoms with Gasteiger partial charge in [-0.3, -0.25) is 4.98 Å². The van der Waals surface area contributed by atoms with E-state index in [0.29, 0.717) is 0 Å². The van der Waals surface area contributed by atoms with Crippen LogP contribution in [0, 0.1) is 5.92 Å². The molecule has 0 aromatic carbocycles. The molecular formula is C15H24N2. The van der Waals surface area contributed by atoms with Crippen molar-refractivity contribution in [2.24, 2.45) is 5.92 Å². The van der Waals surface area contributed by atoms with Gasteiger partial charge in [-0.15, -0.1) is 0 Å². The van der Waals surface area contributed by atoms with Crippen molar-refractivity contribution in [2.45, 2.75) is 51.5 Å². The molecule has 1 fully saturated rings. The summed E-state index contributed by atoms with van der Waals surface area (Å²) in [6.45, 7) is 3.41. The van der Waals surface area contributed by atoms with Gasteiger partial charge in [-0.1, -0.05) is 13.0 Å². The maximum atomic E-state index is 4.38. The highest BCUT2D eigenvalue weighted by atomic mass is 14.9. The van der Waals surface area contributed by atoms with Gasteiger partial charge in [-0.25, -0.2) is 0 Å². The molecule has 1 heterocycles. The van der Waals surface area contributed by atoms with Crippen LogP contribution in [-0.2, 0) is 6.42 Å². The van der Waals surface area contributed by atoms with E-state index in [0.717, 1.165) is 18.4 Å². The number of aryl methyl sites for hydroxylation is 1. The lowest BCUT2D eigenvalue weighted by molar-refractivity contribution is 0.424. The number of rotatable bonds is 8. The van der Waals surface area contributed by atoms with E-state index in [1.165, 1.54) is 44.3 Å². The Morgan fingerprint density at radius 2 is 2.29 bits per heavy atom. The minimum absolute atomic E-state index is 0.763. The van der Waals surface area contributed by atoms with Gasteiger partial charge in [0.25, 0.3) is 0 Å². The molecule has 1 unspecified atom stereocenters. The first-order chi connectivity index (χ1) is 8.40. The van der Waals surface area contributed by atoms with Crippen LogP contribution in [-0.4, -0.2) is 17.6 Å². The van der Waals surface area contributed by atoms with Crippen LogP contribution in [0.3, 0.4) is 0 Å². The molecule has 1 atom stereocenters. The molecule has 0 spiro atoms. The van der Waals surface area contributed by atoms with Crippen molar-refractivity contribution in [3.05, 3.63) is 30.1 Å². The fraction of sp³-hybridized carbons (Fsp3) is 0.667. The summed E-state index contributed by atoms with van der Waals surface area (Å²) in [6, 6.07) is 6.96. The molecule has 0 aliphatic heterocycles. The van der Waals surface area contributed by atoms with E-state index in [2.05, 4.69) is 29.4 Å². The SMILES string of the molecule is CCCNC(CCCc1ccccn1)C1CC1. The van der Waals surface area contributed by atoms with E-state index in [1.807, 2.05) is 12.3 Å². The molecule has 0 saturated heterocycles.